The average molecular weight is 303 g/mol. The highest BCUT2D eigenvalue weighted by Crippen LogP contribution is 2.21. The molecule has 0 aromatic carbocycles. The highest BCUT2D eigenvalue weighted by atomic mass is 16.5. The Morgan fingerprint density at radius 3 is 2.91 bits per heavy atom. The summed E-state index contributed by atoms with van der Waals surface area (Å²) in [6.07, 6.45) is 8.06. The number of imidazole rings is 1. The number of rotatable bonds is 5. The maximum Gasteiger partial charge on any atom is 0.373 e. The highest BCUT2D eigenvalue weighted by molar-refractivity contribution is 5.86. The Balaban J connectivity index is 1.47. The van der Waals surface area contributed by atoms with Crippen molar-refractivity contribution in [3.8, 4) is 0 Å². The summed E-state index contributed by atoms with van der Waals surface area (Å²) in [5.74, 6) is 1.36. The first-order chi connectivity index (χ1) is 10.7. The molecule has 0 spiro atoms. The standard InChI is InChI=1S/C16H21N3O3/c1-21-16(20)15-3-2-14(22-15)11-18-7-4-13(5-8-18)10-19-9-6-17-12-19/h2-3,6,9,12-13H,4-5,7-8,10-11H2,1H3. The molecule has 0 saturated carbocycles. The molecular formula is C16H21N3O3. The maximum atomic E-state index is 11.4. The largest absolute Gasteiger partial charge is 0.463 e. The Kier molecular flexibility index (Phi) is 4.58. The molecule has 2 aromatic heterocycles. The molecule has 0 aliphatic carbocycles. The number of likely N-dealkylation sites (tertiary alicyclic amines) is 1. The topological polar surface area (TPSA) is 60.5 Å². The van der Waals surface area contributed by atoms with Crippen molar-refractivity contribution in [3.05, 3.63) is 42.4 Å². The molecule has 6 nitrogen and oxygen atoms in total. The second-order valence-corrected chi connectivity index (χ2v) is 5.74. The summed E-state index contributed by atoms with van der Waals surface area (Å²) < 4.78 is 12.3. The van der Waals surface area contributed by atoms with Crippen molar-refractivity contribution >= 4 is 5.97 Å². The van der Waals surface area contributed by atoms with E-state index in [2.05, 4.69) is 19.2 Å². The minimum absolute atomic E-state index is 0.271. The van der Waals surface area contributed by atoms with Crippen LogP contribution >= 0.6 is 0 Å². The lowest BCUT2D eigenvalue weighted by atomic mass is 9.96. The van der Waals surface area contributed by atoms with Crippen molar-refractivity contribution in [2.75, 3.05) is 20.2 Å². The number of methoxy groups -OCH3 is 1. The lowest BCUT2D eigenvalue weighted by molar-refractivity contribution is 0.0560. The van der Waals surface area contributed by atoms with Crippen LogP contribution in [0.3, 0.4) is 0 Å². The number of esters is 1. The lowest BCUT2D eigenvalue weighted by Crippen LogP contribution is -2.34. The van der Waals surface area contributed by atoms with Gasteiger partial charge in [-0.15, -0.1) is 0 Å². The fourth-order valence-electron chi connectivity index (χ4n) is 2.91. The van der Waals surface area contributed by atoms with E-state index in [1.165, 1.54) is 20.0 Å². The molecule has 1 fully saturated rings. The van der Waals surface area contributed by atoms with Crippen molar-refractivity contribution in [3.63, 3.8) is 0 Å². The molecule has 2 aromatic rings. The van der Waals surface area contributed by atoms with E-state index >= 15 is 0 Å². The van der Waals surface area contributed by atoms with E-state index in [0.717, 1.165) is 31.9 Å². The average Bonchev–Trinajstić information content (AvgIpc) is 3.20. The van der Waals surface area contributed by atoms with Crippen LogP contribution in [0.25, 0.3) is 0 Å². The maximum absolute atomic E-state index is 11.4. The third-order valence-electron chi connectivity index (χ3n) is 4.16. The number of piperidine rings is 1. The van der Waals surface area contributed by atoms with E-state index in [-0.39, 0.29) is 5.76 Å². The van der Waals surface area contributed by atoms with Crippen LogP contribution in [0.2, 0.25) is 0 Å². The van der Waals surface area contributed by atoms with Crippen LogP contribution in [0.1, 0.15) is 29.2 Å². The first-order valence-corrected chi connectivity index (χ1v) is 7.59. The monoisotopic (exact) mass is 303 g/mol. The molecule has 22 heavy (non-hydrogen) atoms. The van der Waals surface area contributed by atoms with Crippen molar-refractivity contribution in [1.29, 1.82) is 0 Å². The number of hydrogen-bond acceptors (Lipinski definition) is 5. The predicted octanol–water partition coefficient (Wildman–Crippen LogP) is 2.17. The number of ether oxygens (including phenoxy) is 1. The summed E-state index contributed by atoms with van der Waals surface area (Å²) in [4.78, 5) is 17.8. The van der Waals surface area contributed by atoms with Crippen LogP contribution < -0.4 is 0 Å². The predicted molar refractivity (Wildman–Crippen MR) is 80.3 cm³/mol. The molecule has 0 unspecified atom stereocenters. The van der Waals surface area contributed by atoms with Gasteiger partial charge in [0.05, 0.1) is 20.0 Å². The molecule has 1 aliphatic rings. The first kappa shape index (κ1) is 14.8. The van der Waals surface area contributed by atoms with Gasteiger partial charge in [0.25, 0.3) is 0 Å². The number of carbonyl (C=O) groups is 1. The molecule has 118 valence electrons. The summed E-state index contributed by atoms with van der Waals surface area (Å²) in [5, 5.41) is 0. The Labute approximate surface area is 129 Å². The van der Waals surface area contributed by atoms with Gasteiger partial charge in [-0.3, -0.25) is 4.90 Å². The minimum atomic E-state index is -0.426. The number of furan rings is 1. The number of aromatic nitrogens is 2. The van der Waals surface area contributed by atoms with Crippen LogP contribution in [0.5, 0.6) is 0 Å². The van der Waals surface area contributed by atoms with E-state index in [1.807, 2.05) is 24.8 Å². The van der Waals surface area contributed by atoms with E-state index in [9.17, 15) is 4.79 Å². The summed E-state index contributed by atoms with van der Waals surface area (Å²) in [6.45, 7) is 3.89. The van der Waals surface area contributed by atoms with Crippen LogP contribution in [0.4, 0.5) is 0 Å². The summed E-state index contributed by atoms with van der Waals surface area (Å²) >= 11 is 0. The van der Waals surface area contributed by atoms with E-state index in [4.69, 9.17) is 4.42 Å². The lowest BCUT2D eigenvalue weighted by Gasteiger charge is -2.31. The quantitative estimate of drug-likeness (QED) is 0.792. The van der Waals surface area contributed by atoms with Crippen LogP contribution in [0.15, 0.2) is 35.3 Å². The molecule has 0 N–H and O–H groups in total. The Morgan fingerprint density at radius 1 is 1.41 bits per heavy atom. The highest BCUT2D eigenvalue weighted by Gasteiger charge is 2.21. The van der Waals surface area contributed by atoms with Crippen molar-refractivity contribution in [1.82, 2.24) is 14.5 Å². The van der Waals surface area contributed by atoms with Crippen molar-refractivity contribution in [2.45, 2.75) is 25.9 Å². The van der Waals surface area contributed by atoms with E-state index < -0.39 is 5.97 Å². The van der Waals surface area contributed by atoms with E-state index in [1.54, 1.807) is 6.07 Å². The smallest absolute Gasteiger partial charge is 0.373 e. The van der Waals surface area contributed by atoms with Gasteiger partial charge in [-0.25, -0.2) is 9.78 Å². The van der Waals surface area contributed by atoms with Gasteiger partial charge in [0.2, 0.25) is 5.76 Å². The normalized spacial score (nSPS) is 16.8. The van der Waals surface area contributed by atoms with Gasteiger partial charge in [0.15, 0.2) is 0 Å². The van der Waals surface area contributed by atoms with Crippen molar-refractivity contribution in [2.24, 2.45) is 5.92 Å². The molecule has 1 aliphatic heterocycles. The third-order valence-corrected chi connectivity index (χ3v) is 4.16. The second-order valence-electron chi connectivity index (χ2n) is 5.74. The number of carbonyl (C=O) groups excluding carboxylic acids is 1. The van der Waals surface area contributed by atoms with Gasteiger partial charge in [-0.05, 0) is 44.0 Å². The van der Waals surface area contributed by atoms with Gasteiger partial charge < -0.3 is 13.7 Å². The van der Waals surface area contributed by atoms with Gasteiger partial charge in [-0.2, -0.15) is 0 Å². The Bertz CT molecular complexity index is 598. The number of hydrogen-bond donors (Lipinski definition) is 0. The van der Waals surface area contributed by atoms with Crippen LogP contribution in [-0.4, -0.2) is 40.6 Å². The summed E-state index contributed by atoms with van der Waals surface area (Å²) in [6, 6.07) is 3.52. The Hall–Kier alpha value is -2.08. The zero-order valence-corrected chi connectivity index (χ0v) is 12.8. The zero-order chi connectivity index (χ0) is 15.4. The third kappa shape index (κ3) is 3.57. The summed E-state index contributed by atoms with van der Waals surface area (Å²) in [5.41, 5.74) is 0. The molecule has 6 heteroatoms. The molecule has 0 bridgehead atoms. The van der Waals surface area contributed by atoms with Gasteiger partial charge >= 0.3 is 5.97 Å². The molecule has 0 amide bonds. The van der Waals surface area contributed by atoms with Crippen LogP contribution in [-0.2, 0) is 17.8 Å². The van der Waals surface area contributed by atoms with Gasteiger partial charge in [-0.1, -0.05) is 0 Å². The summed E-state index contributed by atoms with van der Waals surface area (Å²) in [7, 11) is 1.36. The first-order valence-electron chi connectivity index (χ1n) is 7.59. The van der Waals surface area contributed by atoms with Gasteiger partial charge in [0.1, 0.15) is 5.76 Å². The molecule has 1 saturated heterocycles. The minimum Gasteiger partial charge on any atom is -0.463 e. The Morgan fingerprint density at radius 2 is 2.23 bits per heavy atom. The molecular weight excluding hydrogens is 282 g/mol. The van der Waals surface area contributed by atoms with Crippen molar-refractivity contribution < 1.29 is 13.9 Å². The fraction of sp³-hybridized carbons (Fsp3) is 0.500. The number of nitrogens with zero attached hydrogens (tertiary/aromatic N) is 3. The van der Waals surface area contributed by atoms with E-state index in [0.29, 0.717) is 5.92 Å². The second kappa shape index (κ2) is 6.79. The van der Waals surface area contributed by atoms with Gasteiger partial charge in [0, 0.05) is 18.9 Å². The fourth-order valence-corrected chi connectivity index (χ4v) is 2.91. The van der Waals surface area contributed by atoms with Crippen LogP contribution in [0, 0.1) is 5.92 Å². The molecule has 0 radical (unpaired) electrons. The zero-order valence-electron chi connectivity index (χ0n) is 12.8. The molecule has 3 rings (SSSR count). The molecule has 3 heterocycles. The SMILES string of the molecule is COC(=O)c1ccc(CN2CCC(Cn3ccnc3)CC2)o1. The molecule has 0 atom stereocenters.